The molecule has 4 rings (SSSR count). The third-order valence-corrected chi connectivity index (χ3v) is 5.87. The first-order valence-electron chi connectivity index (χ1n) is 11.0. The third kappa shape index (κ3) is 4.62. The number of piperazine rings is 1. The maximum Gasteiger partial charge on any atom is 0.321 e. The largest absolute Gasteiger partial charge is 0.496 e. The quantitative estimate of drug-likeness (QED) is 0.552. The fraction of sp³-hybridized carbons (Fsp3) is 0.375. The van der Waals surface area contributed by atoms with Gasteiger partial charge in [-0.3, -0.25) is 14.9 Å². The minimum Gasteiger partial charge on any atom is -0.496 e. The summed E-state index contributed by atoms with van der Waals surface area (Å²) in [6, 6.07) is 13.1. The molecule has 174 valence electrons. The lowest BCUT2D eigenvalue weighted by molar-refractivity contribution is -0.153. The summed E-state index contributed by atoms with van der Waals surface area (Å²) in [5, 5.41) is 2.78. The number of rotatable bonds is 5. The molecule has 2 heterocycles. The minimum atomic E-state index is -1.12. The van der Waals surface area contributed by atoms with Gasteiger partial charge in [0, 0.05) is 31.7 Å². The van der Waals surface area contributed by atoms with E-state index in [4.69, 9.17) is 14.5 Å². The fourth-order valence-electron chi connectivity index (χ4n) is 4.23. The second-order valence-electron chi connectivity index (χ2n) is 7.78. The van der Waals surface area contributed by atoms with Crippen LogP contribution in [0.1, 0.15) is 18.5 Å². The maximum absolute atomic E-state index is 14.2. The van der Waals surface area contributed by atoms with Crippen molar-refractivity contribution in [2.75, 3.05) is 44.8 Å². The van der Waals surface area contributed by atoms with Gasteiger partial charge in [-0.15, -0.1) is 0 Å². The first kappa shape index (κ1) is 22.6. The predicted molar refractivity (Wildman–Crippen MR) is 122 cm³/mol. The van der Waals surface area contributed by atoms with Crippen LogP contribution in [-0.4, -0.2) is 62.6 Å². The summed E-state index contributed by atoms with van der Waals surface area (Å²) in [7, 11) is 1.54. The van der Waals surface area contributed by atoms with Crippen LogP contribution in [0.25, 0.3) is 0 Å². The van der Waals surface area contributed by atoms with Gasteiger partial charge < -0.3 is 19.3 Å². The summed E-state index contributed by atoms with van der Waals surface area (Å²) in [4.78, 5) is 34.4. The van der Waals surface area contributed by atoms with E-state index < -0.39 is 23.8 Å². The molecule has 9 heteroatoms. The lowest BCUT2D eigenvalue weighted by Crippen LogP contribution is -2.57. The number of hydrogen-bond donors (Lipinski definition) is 1. The number of ether oxygens (including phenoxy) is 2. The van der Waals surface area contributed by atoms with Gasteiger partial charge in [-0.2, -0.15) is 0 Å². The van der Waals surface area contributed by atoms with Crippen LogP contribution in [0.15, 0.2) is 53.5 Å². The number of esters is 1. The second-order valence-corrected chi connectivity index (χ2v) is 7.78. The van der Waals surface area contributed by atoms with Crippen LogP contribution in [0.3, 0.4) is 0 Å². The molecule has 0 saturated carbocycles. The number of amides is 1. The smallest absolute Gasteiger partial charge is 0.321 e. The molecule has 1 saturated heterocycles. The van der Waals surface area contributed by atoms with Crippen molar-refractivity contribution in [3.8, 4) is 5.75 Å². The molecule has 0 unspecified atom stereocenters. The van der Waals surface area contributed by atoms with E-state index in [0.717, 1.165) is 0 Å². The maximum atomic E-state index is 14.2. The highest BCUT2D eigenvalue weighted by atomic mass is 19.1. The van der Waals surface area contributed by atoms with E-state index in [0.29, 0.717) is 49.1 Å². The molecule has 1 N–H and O–H groups in total. The number of para-hydroxylation sites is 2. The van der Waals surface area contributed by atoms with Crippen molar-refractivity contribution in [2.24, 2.45) is 10.9 Å². The van der Waals surface area contributed by atoms with Crippen molar-refractivity contribution in [3.05, 3.63) is 59.9 Å². The number of carbonyl (C=O) groups is 2. The van der Waals surface area contributed by atoms with Crippen molar-refractivity contribution in [1.29, 1.82) is 0 Å². The molecule has 0 bridgehead atoms. The van der Waals surface area contributed by atoms with Crippen LogP contribution < -0.4 is 15.0 Å². The van der Waals surface area contributed by atoms with Crippen molar-refractivity contribution in [3.63, 3.8) is 0 Å². The average Bonchev–Trinajstić information content (AvgIpc) is 2.84. The molecule has 8 nitrogen and oxygen atoms in total. The summed E-state index contributed by atoms with van der Waals surface area (Å²) in [5.41, 5.74) is 1.19. The zero-order chi connectivity index (χ0) is 23.4. The fourth-order valence-corrected chi connectivity index (χ4v) is 4.23. The Bertz CT molecular complexity index is 1050. The summed E-state index contributed by atoms with van der Waals surface area (Å²) in [6.45, 7) is 4.07. The van der Waals surface area contributed by atoms with E-state index >= 15 is 0 Å². The Morgan fingerprint density at radius 3 is 2.45 bits per heavy atom. The van der Waals surface area contributed by atoms with E-state index in [2.05, 4.69) is 5.32 Å². The Hall–Kier alpha value is -3.62. The van der Waals surface area contributed by atoms with Gasteiger partial charge in [0.05, 0.1) is 19.4 Å². The van der Waals surface area contributed by atoms with Crippen molar-refractivity contribution >= 4 is 23.5 Å². The van der Waals surface area contributed by atoms with E-state index in [1.54, 1.807) is 31.2 Å². The highest BCUT2D eigenvalue weighted by molar-refractivity contribution is 6.08. The van der Waals surface area contributed by atoms with E-state index in [1.807, 2.05) is 28.0 Å². The Labute approximate surface area is 192 Å². The molecular formula is C24H27FN4O4. The van der Waals surface area contributed by atoms with E-state index in [1.165, 1.54) is 13.2 Å². The molecule has 2 aromatic rings. The summed E-state index contributed by atoms with van der Waals surface area (Å²) < 4.78 is 24.8. The van der Waals surface area contributed by atoms with Crippen molar-refractivity contribution < 1.29 is 23.5 Å². The second kappa shape index (κ2) is 9.89. The Morgan fingerprint density at radius 1 is 1.09 bits per heavy atom. The Balaban J connectivity index is 1.60. The summed E-state index contributed by atoms with van der Waals surface area (Å²) in [6.07, 6.45) is 0. The van der Waals surface area contributed by atoms with Gasteiger partial charge in [0.15, 0.2) is 5.92 Å². The molecule has 1 fully saturated rings. The Morgan fingerprint density at radius 2 is 1.76 bits per heavy atom. The monoisotopic (exact) mass is 454 g/mol. The minimum absolute atomic E-state index is 0.163. The van der Waals surface area contributed by atoms with Crippen molar-refractivity contribution in [1.82, 2.24) is 10.2 Å². The van der Waals surface area contributed by atoms with Crippen LogP contribution in [0.4, 0.5) is 10.1 Å². The molecule has 1 amide bonds. The lowest BCUT2D eigenvalue weighted by atomic mass is 9.90. The summed E-state index contributed by atoms with van der Waals surface area (Å²) in [5.74, 6) is -1.54. The van der Waals surface area contributed by atoms with Gasteiger partial charge in [0.25, 0.3) is 0 Å². The summed E-state index contributed by atoms with van der Waals surface area (Å²) >= 11 is 0. The molecule has 0 radical (unpaired) electrons. The van der Waals surface area contributed by atoms with E-state index in [-0.39, 0.29) is 12.4 Å². The molecule has 2 aromatic carbocycles. The van der Waals surface area contributed by atoms with Crippen LogP contribution in [0.2, 0.25) is 0 Å². The first-order valence-corrected chi connectivity index (χ1v) is 11.0. The Kier molecular flexibility index (Phi) is 6.76. The number of carbonyl (C=O) groups excluding carboxylic acids is 2. The zero-order valence-corrected chi connectivity index (χ0v) is 18.7. The lowest BCUT2D eigenvalue weighted by Gasteiger charge is -2.39. The number of nitrogens with one attached hydrogen (secondary N) is 1. The molecule has 0 aliphatic carbocycles. The van der Waals surface area contributed by atoms with Gasteiger partial charge in [0.1, 0.15) is 17.6 Å². The number of benzene rings is 2. The van der Waals surface area contributed by atoms with Crippen LogP contribution in [0.5, 0.6) is 5.75 Å². The molecule has 0 aromatic heterocycles. The number of guanidine groups is 1. The van der Waals surface area contributed by atoms with Gasteiger partial charge in [0.2, 0.25) is 11.9 Å². The van der Waals surface area contributed by atoms with Crippen LogP contribution in [-0.2, 0) is 14.3 Å². The van der Waals surface area contributed by atoms with Gasteiger partial charge >= 0.3 is 5.97 Å². The highest BCUT2D eigenvalue weighted by Gasteiger charge is 2.43. The molecule has 2 aliphatic heterocycles. The first-order chi connectivity index (χ1) is 16.0. The number of methoxy groups -OCH3 is 1. The van der Waals surface area contributed by atoms with E-state index in [9.17, 15) is 14.0 Å². The number of aliphatic imine (C=N–C) groups is 1. The van der Waals surface area contributed by atoms with Crippen LogP contribution >= 0.6 is 0 Å². The van der Waals surface area contributed by atoms with Gasteiger partial charge in [-0.05, 0) is 25.1 Å². The van der Waals surface area contributed by atoms with Gasteiger partial charge in [-0.1, -0.05) is 30.3 Å². The topological polar surface area (TPSA) is 83.5 Å². The molecule has 0 spiro atoms. The molecule has 2 atom stereocenters. The van der Waals surface area contributed by atoms with Gasteiger partial charge in [-0.25, -0.2) is 9.38 Å². The normalized spacial score (nSPS) is 20.7. The number of nitrogens with zero attached hydrogens (tertiary/aromatic N) is 3. The molecule has 2 aliphatic rings. The number of anilines is 1. The van der Waals surface area contributed by atoms with Crippen LogP contribution in [0, 0.1) is 11.7 Å². The molecular weight excluding hydrogens is 427 g/mol. The van der Waals surface area contributed by atoms with Crippen molar-refractivity contribution in [2.45, 2.75) is 13.0 Å². The highest BCUT2D eigenvalue weighted by Crippen LogP contribution is 2.36. The number of hydrogen-bond acceptors (Lipinski definition) is 7. The molecule has 33 heavy (non-hydrogen) atoms. The SMILES string of the molecule is CCOC(=O)[C@H]1C(=O)NC(N2CCN(c3ccccc3F)CC2)=N[C@@H]1c1ccccc1OC. The standard InChI is InChI=1S/C24H27FN4O4/c1-3-33-23(31)20-21(16-8-4-7-11-19(16)32-2)26-24(27-22(20)30)29-14-12-28(13-15-29)18-10-6-5-9-17(18)25/h4-11,20-21H,3,12-15H2,1-2H3,(H,26,27,30)/t20-,21-/m1/s1. The average molecular weight is 455 g/mol. The zero-order valence-electron chi connectivity index (χ0n) is 18.7. The predicted octanol–water partition coefficient (Wildman–Crippen LogP) is 2.36. The third-order valence-electron chi connectivity index (χ3n) is 5.87. The number of halogens is 1.